The number of carbonyl (C=O) groups is 2. The van der Waals surface area contributed by atoms with E-state index in [4.69, 9.17) is 0 Å². The van der Waals surface area contributed by atoms with Gasteiger partial charge in [0.1, 0.15) is 6.04 Å². The first kappa shape index (κ1) is 18.8. The molecule has 0 aliphatic heterocycles. The number of aromatic nitrogens is 1. The minimum absolute atomic E-state index is 0.243. The van der Waals surface area contributed by atoms with Crippen LogP contribution in [-0.2, 0) is 4.79 Å². The average molecular weight is 371 g/mol. The van der Waals surface area contributed by atoms with Gasteiger partial charge in [0.25, 0.3) is 5.91 Å². The molecule has 3 N–H and O–H groups in total. The molecule has 3 rings (SSSR count). The second kappa shape index (κ2) is 8.62. The van der Waals surface area contributed by atoms with Crippen LogP contribution in [0, 0.1) is 11.7 Å². The number of pyridine rings is 1. The summed E-state index contributed by atoms with van der Waals surface area (Å²) in [7, 11) is 0. The minimum Gasteiger partial charge on any atom is -0.480 e. The van der Waals surface area contributed by atoms with E-state index in [9.17, 15) is 19.1 Å². The fourth-order valence-corrected chi connectivity index (χ4v) is 3.41. The third kappa shape index (κ3) is 5.03. The highest BCUT2D eigenvalue weighted by Gasteiger charge is 2.26. The van der Waals surface area contributed by atoms with Crippen molar-refractivity contribution in [3.63, 3.8) is 0 Å². The van der Waals surface area contributed by atoms with E-state index < -0.39 is 23.7 Å². The zero-order valence-electron chi connectivity index (χ0n) is 14.8. The first-order valence-electron chi connectivity index (χ1n) is 9.03. The first-order chi connectivity index (χ1) is 13.0. The van der Waals surface area contributed by atoms with Gasteiger partial charge in [0.2, 0.25) is 0 Å². The molecular weight excluding hydrogens is 349 g/mol. The summed E-state index contributed by atoms with van der Waals surface area (Å²) in [5.74, 6) is -1.65. The Kier molecular flexibility index (Phi) is 6.01. The van der Waals surface area contributed by atoms with Gasteiger partial charge in [-0.1, -0.05) is 31.7 Å². The molecule has 1 aromatic carbocycles. The molecule has 0 saturated heterocycles. The van der Waals surface area contributed by atoms with Crippen molar-refractivity contribution >= 4 is 23.3 Å². The monoisotopic (exact) mass is 371 g/mol. The molecule has 6 nitrogen and oxygen atoms in total. The molecule has 7 heteroatoms. The zero-order chi connectivity index (χ0) is 19.2. The van der Waals surface area contributed by atoms with Crippen LogP contribution in [0.25, 0.3) is 0 Å². The van der Waals surface area contributed by atoms with Gasteiger partial charge < -0.3 is 15.7 Å². The number of nitrogens with one attached hydrogen (secondary N) is 2. The van der Waals surface area contributed by atoms with E-state index in [1.807, 2.05) is 0 Å². The highest BCUT2D eigenvalue weighted by atomic mass is 19.1. The highest BCUT2D eigenvalue weighted by Crippen LogP contribution is 2.28. The van der Waals surface area contributed by atoms with Gasteiger partial charge in [-0.05, 0) is 36.6 Å². The average Bonchev–Trinajstić information content (AvgIpc) is 3.16. The Morgan fingerprint density at radius 3 is 2.74 bits per heavy atom. The molecule has 1 saturated carbocycles. The predicted octanol–water partition coefficient (Wildman–Crippen LogP) is 3.73. The van der Waals surface area contributed by atoms with Crippen LogP contribution in [0.15, 0.2) is 42.7 Å². The number of carboxylic acid groups (broad SMARTS) is 1. The van der Waals surface area contributed by atoms with E-state index in [0.717, 1.165) is 31.9 Å². The van der Waals surface area contributed by atoms with Gasteiger partial charge in [-0.2, -0.15) is 0 Å². The number of hydrogen-bond acceptors (Lipinski definition) is 4. The fourth-order valence-electron chi connectivity index (χ4n) is 3.41. The number of benzene rings is 1. The van der Waals surface area contributed by atoms with Crippen LogP contribution in [0.1, 0.15) is 42.5 Å². The summed E-state index contributed by atoms with van der Waals surface area (Å²) in [4.78, 5) is 27.7. The van der Waals surface area contributed by atoms with Gasteiger partial charge in [0, 0.05) is 17.4 Å². The largest absolute Gasteiger partial charge is 0.480 e. The van der Waals surface area contributed by atoms with Crippen molar-refractivity contribution in [1.29, 1.82) is 0 Å². The van der Waals surface area contributed by atoms with E-state index in [1.54, 1.807) is 24.3 Å². The van der Waals surface area contributed by atoms with Crippen LogP contribution in [0.5, 0.6) is 0 Å². The number of carboxylic acids is 1. The van der Waals surface area contributed by atoms with Crippen LogP contribution in [-0.4, -0.2) is 28.0 Å². The summed E-state index contributed by atoms with van der Waals surface area (Å²) >= 11 is 0. The molecule has 1 aliphatic carbocycles. The lowest BCUT2D eigenvalue weighted by Crippen LogP contribution is -2.41. The van der Waals surface area contributed by atoms with E-state index >= 15 is 0 Å². The standard InChI is InChI=1S/C20H22FN3O3/c21-16-12-22-9-8-17(16)23-15-7-3-6-14(11-15)19(25)24-18(20(26)27)10-13-4-1-2-5-13/h3,6-9,11-13,18H,1-2,4-5,10H2,(H,22,23)(H,24,25)(H,26,27)/t18-/m0/s1. The molecule has 0 unspecified atom stereocenters. The third-order valence-corrected chi connectivity index (χ3v) is 4.82. The second-order valence-electron chi connectivity index (χ2n) is 6.81. The van der Waals surface area contributed by atoms with Crippen molar-refractivity contribution in [2.45, 2.75) is 38.1 Å². The molecule has 1 fully saturated rings. The smallest absolute Gasteiger partial charge is 0.326 e. The molecule has 0 bridgehead atoms. The van der Waals surface area contributed by atoms with Gasteiger partial charge in [0.15, 0.2) is 5.82 Å². The number of hydrogen-bond donors (Lipinski definition) is 3. The van der Waals surface area contributed by atoms with E-state index in [1.165, 1.54) is 12.3 Å². The molecular formula is C20H22FN3O3. The van der Waals surface area contributed by atoms with Crippen LogP contribution >= 0.6 is 0 Å². The van der Waals surface area contributed by atoms with E-state index in [2.05, 4.69) is 15.6 Å². The Labute approximate surface area is 156 Å². The maximum atomic E-state index is 13.7. The minimum atomic E-state index is -1.02. The molecule has 1 aromatic heterocycles. The highest BCUT2D eigenvalue weighted by molar-refractivity contribution is 5.97. The molecule has 1 heterocycles. The van der Waals surface area contributed by atoms with Gasteiger partial charge in [-0.3, -0.25) is 9.78 Å². The Morgan fingerprint density at radius 2 is 2.04 bits per heavy atom. The van der Waals surface area contributed by atoms with Crippen LogP contribution in [0.2, 0.25) is 0 Å². The maximum Gasteiger partial charge on any atom is 0.326 e. The lowest BCUT2D eigenvalue weighted by atomic mass is 9.98. The molecule has 0 radical (unpaired) electrons. The third-order valence-electron chi connectivity index (χ3n) is 4.82. The Hall–Kier alpha value is -2.96. The number of halogens is 1. The van der Waals surface area contributed by atoms with E-state index in [-0.39, 0.29) is 5.69 Å². The molecule has 1 amide bonds. The molecule has 2 aromatic rings. The SMILES string of the molecule is O=C(N[C@@H](CC1CCCC1)C(=O)O)c1cccc(Nc2ccncc2F)c1. The normalized spacial score (nSPS) is 15.3. The van der Waals surface area contributed by atoms with Crippen molar-refractivity contribution in [2.75, 3.05) is 5.32 Å². The Bertz CT molecular complexity index is 822. The number of nitrogens with zero attached hydrogens (tertiary/aromatic N) is 1. The number of amides is 1. The number of rotatable bonds is 7. The predicted molar refractivity (Wildman–Crippen MR) is 99.4 cm³/mol. The first-order valence-corrected chi connectivity index (χ1v) is 9.03. The molecule has 27 heavy (non-hydrogen) atoms. The summed E-state index contributed by atoms with van der Waals surface area (Å²) in [6, 6.07) is 7.09. The molecule has 0 spiro atoms. The van der Waals surface area contributed by atoms with Crippen LogP contribution < -0.4 is 10.6 Å². The summed E-state index contributed by atoms with van der Waals surface area (Å²) in [5, 5.41) is 14.9. The van der Waals surface area contributed by atoms with Crippen molar-refractivity contribution in [2.24, 2.45) is 5.92 Å². The maximum absolute atomic E-state index is 13.7. The molecule has 1 aliphatic rings. The summed E-state index contributed by atoms with van der Waals surface area (Å²) < 4.78 is 13.7. The topological polar surface area (TPSA) is 91.3 Å². The quantitative estimate of drug-likeness (QED) is 0.690. The van der Waals surface area contributed by atoms with Crippen molar-refractivity contribution < 1.29 is 19.1 Å². The van der Waals surface area contributed by atoms with Gasteiger partial charge in [-0.25, -0.2) is 9.18 Å². The Balaban J connectivity index is 1.68. The lowest BCUT2D eigenvalue weighted by molar-refractivity contribution is -0.139. The summed E-state index contributed by atoms with van der Waals surface area (Å²) in [5.41, 5.74) is 1.08. The summed E-state index contributed by atoms with van der Waals surface area (Å²) in [6.45, 7) is 0. The van der Waals surface area contributed by atoms with Crippen molar-refractivity contribution in [3.05, 3.63) is 54.1 Å². The van der Waals surface area contributed by atoms with Gasteiger partial charge >= 0.3 is 5.97 Å². The van der Waals surface area contributed by atoms with Crippen molar-refractivity contribution in [3.8, 4) is 0 Å². The van der Waals surface area contributed by atoms with Crippen LogP contribution in [0.3, 0.4) is 0 Å². The van der Waals surface area contributed by atoms with Gasteiger partial charge in [-0.15, -0.1) is 0 Å². The van der Waals surface area contributed by atoms with Crippen LogP contribution in [0.4, 0.5) is 15.8 Å². The molecule has 142 valence electrons. The fraction of sp³-hybridized carbons (Fsp3) is 0.350. The van der Waals surface area contributed by atoms with Crippen molar-refractivity contribution in [1.82, 2.24) is 10.3 Å². The Morgan fingerprint density at radius 1 is 1.26 bits per heavy atom. The zero-order valence-corrected chi connectivity index (χ0v) is 14.8. The second-order valence-corrected chi connectivity index (χ2v) is 6.81. The van der Waals surface area contributed by atoms with E-state index in [0.29, 0.717) is 23.6 Å². The number of carbonyl (C=O) groups excluding carboxylic acids is 1. The van der Waals surface area contributed by atoms with Gasteiger partial charge in [0.05, 0.1) is 11.9 Å². The number of aliphatic carboxylic acids is 1. The summed E-state index contributed by atoms with van der Waals surface area (Å²) in [6.07, 6.45) is 7.25. The molecule has 1 atom stereocenters. The number of anilines is 2. The lowest BCUT2D eigenvalue weighted by Gasteiger charge is -2.18.